The van der Waals surface area contributed by atoms with Gasteiger partial charge in [0.2, 0.25) is 0 Å². The van der Waals surface area contributed by atoms with E-state index < -0.39 is 9.84 Å². The lowest BCUT2D eigenvalue weighted by Crippen LogP contribution is -2.02. The van der Waals surface area contributed by atoms with Crippen molar-refractivity contribution in [3.63, 3.8) is 0 Å². The van der Waals surface area contributed by atoms with Crippen molar-refractivity contribution in [1.82, 2.24) is 0 Å². The summed E-state index contributed by atoms with van der Waals surface area (Å²) in [5.74, 6) is 0. The minimum Gasteiger partial charge on any atom is -0.399 e. The van der Waals surface area contributed by atoms with Crippen LogP contribution in [0, 0.1) is 0 Å². The first kappa shape index (κ1) is 15.9. The number of hydrogen-bond donors (Lipinski definition) is 2. The van der Waals surface area contributed by atoms with Gasteiger partial charge in [0, 0.05) is 18.5 Å². The molecule has 0 aliphatic carbocycles. The van der Waals surface area contributed by atoms with Crippen molar-refractivity contribution < 1.29 is 8.42 Å². The molecule has 0 aromatic heterocycles. The molecule has 7 heteroatoms. The fourth-order valence-corrected chi connectivity index (χ4v) is 3.07. The largest absolute Gasteiger partial charge is 0.399 e. The summed E-state index contributed by atoms with van der Waals surface area (Å²) in [7, 11) is -3.18. The Bertz CT molecular complexity index is 736. The molecular formula is C14H14Cl2N2O2S. The summed E-state index contributed by atoms with van der Waals surface area (Å²) in [5.41, 5.74) is 7.64. The van der Waals surface area contributed by atoms with Crippen LogP contribution < -0.4 is 11.1 Å². The first-order valence-corrected chi connectivity index (χ1v) is 8.69. The molecule has 112 valence electrons. The van der Waals surface area contributed by atoms with E-state index >= 15 is 0 Å². The zero-order valence-electron chi connectivity index (χ0n) is 11.2. The van der Waals surface area contributed by atoms with Crippen molar-refractivity contribution in [3.8, 4) is 0 Å². The molecule has 0 spiro atoms. The number of rotatable bonds is 4. The Balaban J connectivity index is 2.14. The zero-order valence-corrected chi connectivity index (χ0v) is 13.6. The third kappa shape index (κ3) is 4.03. The third-order valence-corrected chi connectivity index (χ3v) is 4.61. The molecule has 3 N–H and O–H groups in total. The number of nitrogen functional groups attached to an aromatic ring is 1. The lowest BCUT2D eigenvalue weighted by Gasteiger charge is -2.11. The molecule has 2 rings (SSSR count). The SMILES string of the molecule is CS(=O)(=O)c1ccc(CNc2c(Cl)cc(N)cc2Cl)cc1. The van der Waals surface area contributed by atoms with Gasteiger partial charge in [-0.15, -0.1) is 0 Å². The predicted octanol–water partition coefficient (Wildman–Crippen LogP) is 3.59. The molecule has 21 heavy (non-hydrogen) atoms. The number of nitrogens with two attached hydrogens (primary N) is 1. The van der Waals surface area contributed by atoms with Crippen LogP contribution in [0.4, 0.5) is 11.4 Å². The molecular weight excluding hydrogens is 331 g/mol. The molecule has 0 unspecified atom stereocenters. The van der Waals surface area contributed by atoms with Crippen LogP contribution >= 0.6 is 23.2 Å². The highest BCUT2D eigenvalue weighted by molar-refractivity contribution is 7.90. The first-order chi connectivity index (χ1) is 9.77. The highest BCUT2D eigenvalue weighted by Gasteiger charge is 2.08. The number of benzene rings is 2. The second-order valence-electron chi connectivity index (χ2n) is 4.63. The number of nitrogens with one attached hydrogen (secondary N) is 1. The van der Waals surface area contributed by atoms with Crippen molar-refractivity contribution in [3.05, 3.63) is 52.0 Å². The summed E-state index contributed by atoms with van der Waals surface area (Å²) in [6.07, 6.45) is 1.17. The van der Waals surface area contributed by atoms with Crippen LogP contribution in [0.25, 0.3) is 0 Å². The molecule has 0 aliphatic heterocycles. The van der Waals surface area contributed by atoms with Crippen LogP contribution in [0.1, 0.15) is 5.56 Å². The van der Waals surface area contributed by atoms with Crippen LogP contribution in [0.5, 0.6) is 0 Å². The molecule has 0 aliphatic rings. The van der Waals surface area contributed by atoms with Gasteiger partial charge in [-0.25, -0.2) is 8.42 Å². The topological polar surface area (TPSA) is 72.2 Å². The quantitative estimate of drug-likeness (QED) is 0.831. The maximum Gasteiger partial charge on any atom is 0.175 e. The van der Waals surface area contributed by atoms with E-state index in [1.54, 1.807) is 36.4 Å². The Hall–Kier alpha value is -1.43. The lowest BCUT2D eigenvalue weighted by atomic mass is 10.2. The number of anilines is 2. The monoisotopic (exact) mass is 344 g/mol. The Morgan fingerprint density at radius 1 is 1.10 bits per heavy atom. The van der Waals surface area contributed by atoms with Gasteiger partial charge in [-0.2, -0.15) is 0 Å². The molecule has 2 aromatic carbocycles. The molecule has 0 saturated heterocycles. The molecule has 0 heterocycles. The van der Waals surface area contributed by atoms with Crippen molar-refractivity contribution in [2.45, 2.75) is 11.4 Å². The standard InChI is InChI=1S/C14H14Cl2N2O2S/c1-21(19,20)11-4-2-9(3-5-11)8-18-14-12(15)6-10(17)7-13(14)16/h2-7,18H,8,17H2,1H3. The number of sulfone groups is 1. The minimum atomic E-state index is -3.18. The van der Waals surface area contributed by atoms with Crippen molar-refractivity contribution in [2.75, 3.05) is 17.3 Å². The normalized spacial score (nSPS) is 11.4. The number of hydrogen-bond acceptors (Lipinski definition) is 4. The number of halogens is 2. The Kier molecular flexibility index (Phi) is 4.66. The summed E-state index contributed by atoms with van der Waals surface area (Å²) in [6.45, 7) is 0.466. The molecule has 0 amide bonds. The van der Waals surface area contributed by atoms with E-state index in [4.69, 9.17) is 28.9 Å². The zero-order chi connectivity index (χ0) is 15.6. The van der Waals surface area contributed by atoms with Gasteiger partial charge in [0.25, 0.3) is 0 Å². The molecule has 0 radical (unpaired) electrons. The highest BCUT2D eigenvalue weighted by atomic mass is 35.5. The highest BCUT2D eigenvalue weighted by Crippen LogP contribution is 2.33. The van der Waals surface area contributed by atoms with Crippen LogP contribution in [0.15, 0.2) is 41.3 Å². The molecule has 0 fully saturated rings. The van der Waals surface area contributed by atoms with Crippen LogP contribution in [-0.4, -0.2) is 14.7 Å². The first-order valence-electron chi connectivity index (χ1n) is 6.05. The Morgan fingerprint density at radius 3 is 2.10 bits per heavy atom. The summed E-state index contributed by atoms with van der Waals surface area (Å²) in [6, 6.07) is 9.84. The van der Waals surface area contributed by atoms with E-state index in [0.717, 1.165) is 5.56 Å². The van der Waals surface area contributed by atoms with E-state index in [0.29, 0.717) is 28.0 Å². The van der Waals surface area contributed by atoms with Gasteiger partial charge in [-0.3, -0.25) is 0 Å². The maximum absolute atomic E-state index is 11.4. The Morgan fingerprint density at radius 2 is 1.62 bits per heavy atom. The summed E-state index contributed by atoms with van der Waals surface area (Å²) in [4.78, 5) is 0.287. The lowest BCUT2D eigenvalue weighted by molar-refractivity contribution is 0.602. The van der Waals surface area contributed by atoms with Crippen molar-refractivity contribution in [2.24, 2.45) is 0 Å². The summed E-state index contributed by atoms with van der Waals surface area (Å²) < 4.78 is 22.8. The fourth-order valence-electron chi connectivity index (χ4n) is 1.81. The van der Waals surface area contributed by atoms with Gasteiger partial charge in [0.1, 0.15) is 0 Å². The minimum absolute atomic E-state index is 0.287. The maximum atomic E-state index is 11.4. The van der Waals surface area contributed by atoms with Gasteiger partial charge < -0.3 is 11.1 Å². The second kappa shape index (κ2) is 6.13. The fraction of sp³-hybridized carbons (Fsp3) is 0.143. The van der Waals surface area contributed by atoms with Crippen LogP contribution in [0.2, 0.25) is 10.0 Å². The van der Waals surface area contributed by atoms with Gasteiger partial charge >= 0.3 is 0 Å². The average molecular weight is 345 g/mol. The van der Waals surface area contributed by atoms with Gasteiger partial charge in [-0.05, 0) is 29.8 Å². The van der Waals surface area contributed by atoms with E-state index in [9.17, 15) is 8.42 Å². The van der Waals surface area contributed by atoms with E-state index in [-0.39, 0.29) is 4.90 Å². The van der Waals surface area contributed by atoms with Crippen LogP contribution in [0.3, 0.4) is 0 Å². The Labute approximate surface area is 133 Å². The molecule has 0 bridgehead atoms. The summed E-state index contributed by atoms with van der Waals surface area (Å²) >= 11 is 12.2. The van der Waals surface area contributed by atoms with Crippen molar-refractivity contribution >= 4 is 44.4 Å². The van der Waals surface area contributed by atoms with Crippen LogP contribution in [-0.2, 0) is 16.4 Å². The van der Waals surface area contributed by atoms with Gasteiger partial charge in [0.05, 0.1) is 20.6 Å². The third-order valence-electron chi connectivity index (χ3n) is 2.89. The van der Waals surface area contributed by atoms with Gasteiger partial charge in [-0.1, -0.05) is 35.3 Å². The van der Waals surface area contributed by atoms with E-state index in [2.05, 4.69) is 5.32 Å². The van der Waals surface area contributed by atoms with E-state index in [1.165, 1.54) is 6.26 Å². The van der Waals surface area contributed by atoms with E-state index in [1.807, 2.05) is 0 Å². The van der Waals surface area contributed by atoms with Gasteiger partial charge in [0.15, 0.2) is 9.84 Å². The molecule has 2 aromatic rings. The second-order valence-corrected chi connectivity index (χ2v) is 7.46. The smallest absolute Gasteiger partial charge is 0.175 e. The predicted molar refractivity (Wildman–Crippen MR) is 87.8 cm³/mol. The molecule has 0 saturated carbocycles. The molecule has 4 nitrogen and oxygen atoms in total. The van der Waals surface area contributed by atoms with Crippen molar-refractivity contribution in [1.29, 1.82) is 0 Å². The average Bonchev–Trinajstić information content (AvgIpc) is 2.37. The molecule has 0 atom stereocenters. The summed E-state index contributed by atoms with van der Waals surface area (Å²) in [5, 5.41) is 3.99.